The van der Waals surface area contributed by atoms with Crippen LogP contribution in [-0.2, 0) is 14.3 Å². The molecule has 2 fully saturated rings. The topological polar surface area (TPSA) is 59.1 Å². The van der Waals surface area contributed by atoms with E-state index in [1.54, 1.807) is 0 Å². The summed E-state index contributed by atoms with van der Waals surface area (Å²) in [7, 11) is 0. The molecule has 2 aliphatic rings. The molecule has 5 atom stereocenters. The van der Waals surface area contributed by atoms with Crippen molar-refractivity contribution in [2.24, 2.45) is 11.8 Å². The van der Waals surface area contributed by atoms with Gasteiger partial charge in [-0.2, -0.15) is 0 Å². The molecule has 1 heterocycles. The first kappa shape index (κ1) is 14.8. The smallest absolute Gasteiger partial charge is 0.309 e. The number of carbonyl (C=O) groups excluding carboxylic acids is 1. The van der Waals surface area contributed by atoms with Crippen molar-refractivity contribution in [3.05, 3.63) is 0 Å². The lowest BCUT2D eigenvalue weighted by Gasteiger charge is -2.26. The maximum absolute atomic E-state index is 12.0. The Balaban J connectivity index is 1.69. The van der Waals surface area contributed by atoms with Crippen molar-refractivity contribution in [3.8, 4) is 0 Å². The zero-order valence-electron chi connectivity index (χ0n) is 12.0. The first-order chi connectivity index (χ1) is 9.10. The summed E-state index contributed by atoms with van der Waals surface area (Å²) in [4.78, 5) is 12.0. The minimum absolute atomic E-state index is 0.0385. The van der Waals surface area contributed by atoms with Gasteiger partial charge in [0.25, 0.3) is 0 Å². The first-order valence-electron chi connectivity index (χ1n) is 7.60. The standard InChI is InChI=1S/C15H26O4/c1-3-12(8-14-10(2)19-14)15(17)18-9-11-5-4-6-13(16)7-11/h10-14,16H,3-9H2,1-2H3. The van der Waals surface area contributed by atoms with Crippen molar-refractivity contribution in [3.63, 3.8) is 0 Å². The van der Waals surface area contributed by atoms with E-state index in [2.05, 4.69) is 0 Å². The molecule has 1 aliphatic heterocycles. The van der Waals surface area contributed by atoms with E-state index in [9.17, 15) is 9.90 Å². The molecule has 1 saturated heterocycles. The average molecular weight is 270 g/mol. The van der Waals surface area contributed by atoms with Gasteiger partial charge < -0.3 is 14.6 Å². The molecule has 0 aromatic rings. The van der Waals surface area contributed by atoms with Crippen molar-refractivity contribution < 1.29 is 19.4 Å². The second kappa shape index (κ2) is 6.71. The van der Waals surface area contributed by atoms with Crippen LogP contribution in [0.15, 0.2) is 0 Å². The largest absolute Gasteiger partial charge is 0.465 e. The number of epoxide rings is 1. The molecular weight excluding hydrogens is 244 g/mol. The van der Waals surface area contributed by atoms with Crippen LogP contribution in [0.2, 0.25) is 0 Å². The summed E-state index contributed by atoms with van der Waals surface area (Å²) >= 11 is 0. The molecule has 0 bridgehead atoms. The fourth-order valence-electron chi connectivity index (χ4n) is 2.92. The van der Waals surface area contributed by atoms with E-state index in [0.717, 1.165) is 38.5 Å². The zero-order chi connectivity index (χ0) is 13.8. The molecule has 19 heavy (non-hydrogen) atoms. The predicted molar refractivity (Wildman–Crippen MR) is 71.7 cm³/mol. The Morgan fingerprint density at radius 3 is 2.79 bits per heavy atom. The Morgan fingerprint density at radius 1 is 1.47 bits per heavy atom. The summed E-state index contributed by atoms with van der Waals surface area (Å²) < 4.78 is 10.8. The molecule has 4 heteroatoms. The highest BCUT2D eigenvalue weighted by molar-refractivity contribution is 5.72. The molecule has 2 rings (SSSR count). The van der Waals surface area contributed by atoms with E-state index < -0.39 is 0 Å². The summed E-state index contributed by atoms with van der Waals surface area (Å²) in [6.07, 6.45) is 5.68. The van der Waals surface area contributed by atoms with Gasteiger partial charge in [-0.3, -0.25) is 4.79 Å². The highest BCUT2D eigenvalue weighted by Crippen LogP contribution is 2.30. The lowest BCUT2D eigenvalue weighted by atomic mass is 9.88. The fourth-order valence-corrected chi connectivity index (χ4v) is 2.92. The zero-order valence-corrected chi connectivity index (χ0v) is 12.0. The number of aliphatic hydroxyl groups is 1. The molecule has 0 amide bonds. The number of esters is 1. The summed E-state index contributed by atoms with van der Waals surface area (Å²) in [5.74, 6) is 0.204. The Labute approximate surface area is 115 Å². The Bertz CT molecular complexity index is 305. The van der Waals surface area contributed by atoms with Gasteiger partial charge in [0.2, 0.25) is 0 Å². The van der Waals surface area contributed by atoms with Gasteiger partial charge in [0.15, 0.2) is 0 Å². The van der Waals surface area contributed by atoms with Crippen molar-refractivity contribution in [1.29, 1.82) is 0 Å². The second-order valence-corrected chi connectivity index (χ2v) is 6.04. The number of hydrogen-bond donors (Lipinski definition) is 1. The quantitative estimate of drug-likeness (QED) is 0.594. The van der Waals surface area contributed by atoms with Crippen LogP contribution in [0.1, 0.15) is 52.4 Å². The third kappa shape index (κ3) is 4.46. The van der Waals surface area contributed by atoms with Gasteiger partial charge in [0, 0.05) is 0 Å². The Kier molecular flexibility index (Phi) is 5.22. The van der Waals surface area contributed by atoms with Gasteiger partial charge in [0.1, 0.15) is 0 Å². The van der Waals surface area contributed by atoms with Gasteiger partial charge >= 0.3 is 5.97 Å². The SMILES string of the molecule is CCC(CC1OC1C)C(=O)OCC1CCCC(O)C1. The fraction of sp³-hybridized carbons (Fsp3) is 0.933. The number of hydrogen-bond acceptors (Lipinski definition) is 4. The van der Waals surface area contributed by atoms with Crippen LogP contribution in [0.25, 0.3) is 0 Å². The van der Waals surface area contributed by atoms with Crippen molar-refractivity contribution >= 4 is 5.97 Å². The Morgan fingerprint density at radius 2 is 2.21 bits per heavy atom. The van der Waals surface area contributed by atoms with Crippen LogP contribution >= 0.6 is 0 Å². The second-order valence-electron chi connectivity index (χ2n) is 6.04. The van der Waals surface area contributed by atoms with E-state index >= 15 is 0 Å². The maximum atomic E-state index is 12.0. The van der Waals surface area contributed by atoms with Crippen molar-refractivity contribution in [2.75, 3.05) is 6.61 Å². The van der Waals surface area contributed by atoms with Crippen LogP contribution in [0.5, 0.6) is 0 Å². The molecule has 5 unspecified atom stereocenters. The molecule has 0 aromatic heterocycles. The van der Waals surface area contributed by atoms with E-state index in [-0.39, 0.29) is 24.1 Å². The highest BCUT2D eigenvalue weighted by Gasteiger charge is 2.38. The van der Waals surface area contributed by atoms with Crippen LogP contribution in [-0.4, -0.2) is 36.0 Å². The molecule has 0 aromatic carbocycles. The summed E-state index contributed by atoms with van der Waals surface area (Å²) in [5, 5.41) is 9.60. The molecule has 110 valence electrons. The van der Waals surface area contributed by atoms with E-state index in [1.165, 1.54) is 0 Å². The molecule has 1 aliphatic carbocycles. The average Bonchev–Trinajstić information content (AvgIpc) is 3.09. The van der Waals surface area contributed by atoms with E-state index in [4.69, 9.17) is 9.47 Å². The normalized spacial score (nSPS) is 35.7. The summed E-state index contributed by atoms with van der Waals surface area (Å²) in [6, 6.07) is 0. The summed E-state index contributed by atoms with van der Waals surface area (Å²) in [6.45, 7) is 4.52. The minimum atomic E-state index is -0.208. The van der Waals surface area contributed by atoms with Crippen LogP contribution in [0.4, 0.5) is 0 Å². The van der Waals surface area contributed by atoms with E-state index in [0.29, 0.717) is 18.6 Å². The van der Waals surface area contributed by atoms with Crippen molar-refractivity contribution in [1.82, 2.24) is 0 Å². The first-order valence-corrected chi connectivity index (χ1v) is 7.60. The van der Waals surface area contributed by atoms with E-state index in [1.807, 2.05) is 13.8 Å². The molecule has 0 radical (unpaired) electrons. The van der Waals surface area contributed by atoms with Crippen LogP contribution in [0.3, 0.4) is 0 Å². The number of aliphatic hydroxyl groups excluding tert-OH is 1. The molecular formula is C15H26O4. The molecule has 4 nitrogen and oxygen atoms in total. The Hall–Kier alpha value is -0.610. The number of ether oxygens (including phenoxy) is 2. The van der Waals surface area contributed by atoms with Gasteiger partial charge in [-0.15, -0.1) is 0 Å². The predicted octanol–water partition coefficient (Wildman–Crippen LogP) is 2.28. The number of carbonyl (C=O) groups is 1. The van der Waals surface area contributed by atoms with Crippen LogP contribution in [0, 0.1) is 11.8 Å². The van der Waals surface area contributed by atoms with Gasteiger partial charge in [-0.05, 0) is 44.9 Å². The monoisotopic (exact) mass is 270 g/mol. The molecule has 1 N–H and O–H groups in total. The lowest BCUT2D eigenvalue weighted by Crippen LogP contribution is -2.26. The third-order valence-corrected chi connectivity index (χ3v) is 4.40. The molecule has 0 spiro atoms. The van der Waals surface area contributed by atoms with Gasteiger partial charge in [0.05, 0.1) is 30.8 Å². The van der Waals surface area contributed by atoms with Crippen LogP contribution < -0.4 is 0 Å². The number of rotatable bonds is 6. The third-order valence-electron chi connectivity index (χ3n) is 4.40. The minimum Gasteiger partial charge on any atom is -0.465 e. The highest BCUT2D eigenvalue weighted by atomic mass is 16.6. The lowest BCUT2D eigenvalue weighted by molar-refractivity contribution is -0.151. The summed E-state index contributed by atoms with van der Waals surface area (Å²) in [5.41, 5.74) is 0. The van der Waals surface area contributed by atoms with Gasteiger partial charge in [-0.25, -0.2) is 0 Å². The van der Waals surface area contributed by atoms with Crippen molar-refractivity contribution in [2.45, 2.75) is 70.7 Å². The van der Waals surface area contributed by atoms with Gasteiger partial charge in [-0.1, -0.05) is 13.3 Å². The molecule has 1 saturated carbocycles. The maximum Gasteiger partial charge on any atom is 0.309 e.